The van der Waals surface area contributed by atoms with Gasteiger partial charge in [-0.2, -0.15) is 4.31 Å². The number of fused-ring (bicyclic) bond motifs is 1. The standard InChI is InChI=1S/C20H19Cl3N2O4S/c1-12-2-3-18-13(8-12)11-29-20(26)25(18)15-4-6-24(7-5-15)30(27,28)19-16(22)9-14(21)10-17(19)23/h2-3,8-10,15H,4-7,11H2,1H3. The Bertz CT molecular complexity index is 1090. The number of hydrogen-bond donors (Lipinski definition) is 0. The van der Waals surface area contributed by atoms with Gasteiger partial charge in [-0.25, -0.2) is 13.2 Å². The lowest BCUT2D eigenvalue weighted by Crippen LogP contribution is -2.50. The first-order chi connectivity index (χ1) is 14.2. The van der Waals surface area contributed by atoms with Crippen LogP contribution >= 0.6 is 34.8 Å². The predicted octanol–water partition coefficient (Wildman–Crippen LogP) is 5.27. The van der Waals surface area contributed by atoms with E-state index in [9.17, 15) is 13.2 Å². The molecule has 0 N–H and O–H groups in total. The lowest BCUT2D eigenvalue weighted by atomic mass is 10.0. The number of nitrogens with zero attached hydrogens (tertiary/aromatic N) is 2. The Kier molecular flexibility index (Phi) is 5.94. The van der Waals surface area contributed by atoms with Crippen molar-refractivity contribution in [2.45, 2.75) is 37.3 Å². The summed E-state index contributed by atoms with van der Waals surface area (Å²) < 4.78 is 32.9. The van der Waals surface area contributed by atoms with Crippen LogP contribution in [0.15, 0.2) is 35.2 Å². The number of halogens is 3. The van der Waals surface area contributed by atoms with Gasteiger partial charge in [-0.3, -0.25) is 4.90 Å². The topological polar surface area (TPSA) is 66.9 Å². The normalized spacial score (nSPS) is 18.3. The smallest absolute Gasteiger partial charge is 0.414 e. The fourth-order valence-electron chi connectivity index (χ4n) is 3.96. The molecule has 2 aliphatic heterocycles. The van der Waals surface area contributed by atoms with Crippen molar-refractivity contribution in [3.8, 4) is 0 Å². The van der Waals surface area contributed by atoms with Gasteiger partial charge in [0.05, 0.1) is 15.7 Å². The number of cyclic esters (lactones) is 1. The van der Waals surface area contributed by atoms with Crippen molar-refractivity contribution >= 4 is 56.6 Å². The lowest BCUT2D eigenvalue weighted by molar-refractivity contribution is 0.135. The Labute approximate surface area is 190 Å². The second kappa shape index (κ2) is 8.20. The molecule has 0 unspecified atom stereocenters. The SMILES string of the molecule is Cc1ccc2c(c1)COC(=O)N2C1CCN(S(=O)(=O)c2c(Cl)cc(Cl)cc2Cl)CC1. The third kappa shape index (κ3) is 3.89. The van der Waals surface area contributed by atoms with Gasteiger partial charge in [-0.05, 0) is 38.0 Å². The van der Waals surface area contributed by atoms with Crippen LogP contribution in [0.4, 0.5) is 10.5 Å². The number of piperidine rings is 1. The minimum absolute atomic E-state index is 0.0153. The van der Waals surface area contributed by atoms with Gasteiger partial charge >= 0.3 is 6.09 Å². The van der Waals surface area contributed by atoms with E-state index in [1.165, 1.54) is 16.4 Å². The summed E-state index contributed by atoms with van der Waals surface area (Å²) in [5.74, 6) is 0. The third-order valence-corrected chi connectivity index (χ3v) is 8.43. The average Bonchev–Trinajstić information content (AvgIpc) is 2.67. The predicted molar refractivity (Wildman–Crippen MR) is 117 cm³/mol. The minimum Gasteiger partial charge on any atom is -0.444 e. The first kappa shape index (κ1) is 21.7. The number of benzene rings is 2. The second-order valence-electron chi connectivity index (χ2n) is 7.39. The van der Waals surface area contributed by atoms with Crippen LogP contribution < -0.4 is 4.90 Å². The lowest BCUT2D eigenvalue weighted by Gasteiger charge is -2.40. The number of anilines is 1. The molecule has 4 rings (SSSR count). The second-order valence-corrected chi connectivity index (χ2v) is 10.5. The van der Waals surface area contributed by atoms with Crippen LogP contribution in [0.3, 0.4) is 0 Å². The zero-order valence-electron chi connectivity index (χ0n) is 16.1. The molecule has 1 saturated heterocycles. The molecule has 0 saturated carbocycles. The van der Waals surface area contributed by atoms with Crippen molar-refractivity contribution in [1.29, 1.82) is 0 Å². The molecular weight excluding hydrogens is 471 g/mol. The Morgan fingerprint density at radius 1 is 1.03 bits per heavy atom. The summed E-state index contributed by atoms with van der Waals surface area (Å²) in [6.07, 6.45) is 0.519. The van der Waals surface area contributed by atoms with E-state index in [-0.39, 0.29) is 45.7 Å². The molecule has 30 heavy (non-hydrogen) atoms. The van der Waals surface area contributed by atoms with Crippen molar-refractivity contribution < 1.29 is 17.9 Å². The number of ether oxygens (including phenoxy) is 1. The van der Waals surface area contributed by atoms with Crippen LogP contribution in [0, 0.1) is 6.92 Å². The molecule has 2 aliphatic rings. The van der Waals surface area contributed by atoms with Crippen molar-refractivity contribution in [3.63, 3.8) is 0 Å². The van der Waals surface area contributed by atoms with Crippen LogP contribution in [0.5, 0.6) is 0 Å². The van der Waals surface area contributed by atoms with Crippen molar-refractivity contribution in [3.05, 3.63) is 56.5 Å². The number of sulfonamides is 1. The van der Waals surface area contributed by atoms with Gasteiger partial charge in [0.15, 0.2) is 0 Å². The molecule has 0 aliphatic carbocycles. The highest BCUT2D eigenvalue weighted by Gasteiger charge is 2.38. The molecule has 2 heterocycles. The molecule has 6 nitrogen and oxygen atoms in total. The number of hydrogen-bond acceptors (Lipinski definition) is 4. The largest absolute Gasteiger partial charge is 0.444 e. The van der Waals surface area contributed by atoms with Crippen molar-refractivity contribution in [2.24, 2.45) is 0 Å². The van der Waals surface area contributed by atoms with E-state index < -0.39 is 16.1 Å². The molecule has 2 aromatic rings. The average molecular weight is 490 g/mol. The maximum atomic E-state index is 13.1. The quantitative estimate of drug-likeness (QED) is 0.589. The summed E-state index contributed by atoms with van der Waals surface area (Å²) in [6.45, 7) is 2.69. The number of rotatable bonds is 3. The van der Waals surface area contributed by atoms with E-state index in [2.05, 4.69) is 0 Å². The zero-order chi connectivity index (χ0) is 21.6. The van der Waals surface area contributed by atoms with Crippen LogP contribution in [0.25, 0.3) is 0 Å². The molecule has 0 spiro atoms. The molecular formula is C20H19Cl3N2O4S. The van der Waals surface area contributed by atoms with Gasteiger partial charge in [0.2, 0.25) is 10.0 Å². The summed E-state index contributed by atoms with van der Waals surface area (Å²) >= 11 is 18.2. The van der Waals surface area contributed by atoms with E-state index >= 15 is 0 Å². The molecule has 0 radical (unpaired) electrons. The Morgan fingerprint density at radius 2 is 1.67 bits per heavy atom. The monoisotopic (exact) mass is 488 g/mol. The first-order valence-electron chi connectivity index (χ1n) is 9.38. The van der Waals surface area contributed by atoms with Crippen LogP contribution in [-0.2, 0) is 21.4 Å². The van der Waals surface area contributed by atoms with Gasteiger partial charge in [-0.1, -0.05) is 52.5 Å². The third-order valence-electron chi connectivity index (χ3n) is 5.39. The molecule has 0 bridgehead atoms. The van der Waals surface area contributed by atoms with E-state index in [4.69, 9.17) is 39.5 Å². The van der Waals surface area contributed by atoms with E-state index in [0.29, 0.717) is 12.8 Å². The van der Waals surface area contributed by atoms with Crippen molar-refractivity contribution in [2.75, 3.05) is 18.0 Å². The number of carbonyl (C=O) groups is 1. The fraction of sp³-hybridized carbons (Fsp3) is 0.350. The van der Waals surface area contributed by atoms with Gasteiger partial charge < -0.3 is 4.74 Å². The first-order valence-corrected chi connectivity index (χ1v) is 12.0. The number of carbonyl (C=O) groups excluding carboxylic acids is 1. The molecule has 0 atom stereocenters. The summed E-state index contributed by atoms with van der Waals surface area (Å²) in [6, 6.07) is 8.42. The minimum atomic E-state index is -3.90. The number of amides is 1. The molecule has 10 heteroatoms. The zero-order valence-corrected chi connectivity index (χ0v) is 19.2. The van der Waals surface area contributed by atoms with Gasteiger partial charge in [0, 0.05) is 29.7 Å². The maximum Gasteiger partial charge on any atom is 0.414 e. The van der Waals surface area contributed by atoms with Crippen LogP contribution in [0.2, 0.25) is 15.1 Å². The van der Waals surface area contributed by atoms with Crippen LogP contribution in [0.1, 0.15) is 24.0 Å². The van der Waals surface area contributed by atoms with Gasteiger partial charge in [0.1, 0.15) is 11.5 Å². The van der Waals surface area contributed by atoms with E-state index in [1.807, 2.05) is 25.1 Å². The summed E-state index contributed by atoms with van der Waals surface area (Å²) in [7, 11) is -3.90. The van der Waals surface area contributed by atoms with Crippen LogP contribution in [-0.4, -0.2) is 37.9 Å². The summed E-state index contributed by atoms with van der Waals surface area (Å²) in [5, 5.41) is 0.234. The molecule has 160 valence electrons. The van der Waals surface area contributed by atoms with Crippen molar-refractivity contribution in [1.82, 2.24) is 4.31 Å². The highest BCUT2D eigenvalue weighted by molar-refractivity contribution is 7.89. The molecule has 1 fully saturated rings. The fourth-order valence-corrected chi connectivity index (χ4v) is 6.93. The van der Waals surface area contributed by atoms with E-state index in [0.717, 1.165) is 16.8 Å². The molecule has 1 amide bonds. The summed E-state index contributed by atoms with van der Waals surface area (Å²) in [4.78, 5) is 14.0. The Hall–Kier alpha value is -1.51. The molecule has 0 aromatic heterocycles. The summed E-state index contributed by atoms with van der Waals surface area (Å²) in [5.41, 5.74) is 2.86. The highest BCUT2D eigenvalue weighted by atomic mass is 35.5. The Balaban J connectivity index is 1.56. The highest BCUT2D eigenvalue weighted by Crippen LogP contribution is 2.37. The van der Waals surface area contributed by atoms with Gasteiger partial charge in [-0.15, -0.1) is 0 Å². The van der Waals surface area contributed by atoms with Gasteiger partial charge in [0.25, 0.3) is 0 Å². The maximum absolute atomic E-state index is 13.1. The Morgan fingerprint density at radius 3 is 2.30 bits per heavy atom. The molecule has 2 aromatic carbocycles. The van der Waals surface area contributed by atoms with E-state index in [1.54, 1.807) is 4.90 Å². The number of aryl methyl sites for hydroxylation is 1.